The van der Waals surface area contributed by atoms with E-state index in [0.29, 0.717) is 13.0 Å². The first-order valence-corrected chi connectivity index (χ1v) is 6.85. The smallest absolute Gasteiger partial charge is 0.129 e. The Morgan fingerprint density at radius 2 is 2.05 bits per heavy atom. The summed E-state index contributed by atoms with van der Waals surface area (Å²) in [6, 6.07) is 6.56. The summed E-state index contributed by atoms with van der Waals surface area (Å²) in [5, 5.41) is 0. The molecule has 19 heavy (non-hydrogen) atoms. The van der Waals surface area contributed by atoms with Crippen LogP contribution in [-0.4, -0.2) is 31.4 Å². The first-order chi connectivity index (χ1) is 8.95. The van der Waals surface area contributed by atoms with Crippen molar-refractivity contribution in [3.05, 3.63) is 29.3 Å². The zero-order chi connectivity index (χ0) is 14.4. The molecular weight excluding hydrogens is 238 g/mol. The Morgan fingerprint density at radius 1 is 1.37 bits per heavy atom. The van der Waals surface area contributed by atoms with Crippen LogP contribution in [0.4, 0.5) is 0 Å². The van der Waals surface area contributed by atoms with Crippen LogP contribution in [-0.2, 0) is 4.79 Å². The Bertz CT molecular complexity index is 427. The summed E-state index contributed by atoms with van der Waals surface area (Å²) in [5.41, 5.74) is 2.39. The predicted molar refractivity (Wildman–Crippen MR) is 78.7 cm³/mol. The van der Waals surface area contributed by atoms with Crippen molar-refractivity contribution in [1.29, 1.82) is 0 Å². The summed E-state index contributed by atoms with van der Waals surface area (Å²) in [6.45, 7) is 6.38. The Labute approximate surface area is 116 Å². The maximum atomic E-state index is 11.2. The molecule has 3 heteroatoms. The number of rotatable bonds is 7. The van der Waals surface area contributed by atoms with E-state index in [2.05, 4.69) is 38.1 Å². The quantitative estimate of drug-likeness (QED) is 0.755. The summed E-state index contributed by atoms with van der Waals surface area (Å²) < 4.78 is 5.56. The number of Topliss-reactive ketones (excluding diaryl/α,β-unsaturated/α-hetero) is 1. The minimum Gasteiger partial charge on any atom is -0.494 e. The molecule has 0 radical (unpaired) electrons. The highest BCUT2D eigenvalue weighted by Crippen LogP contribution is 2.28. The van der Waals surface area contributed by atoms with Gasteiger partial charge in [-0.3, -0.25) is 0 Å². The molecule has 1 atom stereocenters. The fourth-order valence-corrected chi connectivity index (χ4v) is 2.26. The van der Waals surface area contributed by atoms with E-state index in [9.17, 15) is 4.79 Å². The van der Waals surface area contributed by atoms with E-state index in [0.717, 1.165) is 17.7 Å². The molecule has 0 saturated heterocycles. The van der Waals surface area contributed by atoms with Crippen LogP contribution < -0.4 is 4.74 Å². The third-order valence-corrected chi connectivity index (χ3v) is 3.28. The van der Waals surface area contributed by atoms with Gasteiger partial charge in [0.25, 0.3) is 0 Å². The summed E-state index contributed by atoms with van der Waals surface area (Å²) in [4.78, 5) is 13.3. The number of ketones is 1. The molecule has 106 valence electrons. The van der Waals surface area contributed by atoms with Crippen molar-refractivity contribution in [3.63, 3.8) is 0 Å². The van der Waals surface area contributed by atoms with Gasteiger partial charge in [-0.1, -0.05) is 12.1 Å². The van der Waals surface area contributed by atoms with Crippen LogP contribution >= 0.6 is 0 Å². The van der Waals surface area contributed by atoms with E-state index in [1.54, 1.807) is 6.92 Å². The van der Waals surface area contributed by atoms with E-state index in [1.165, 1.54) is 5.56 Å². The van der Waals surface area contributed by atoms with Gasteiger partial charge >= 0.3 is 0 Å². The summed E-state index contributed by atoms with van der Waals surface area (Å²) in [7, 11) is 4.10. The van der Waals surface area contributed by atoms with E-state index >= 15 is 0 Å². The Kier molecular flexibility index (Phi) is 6.03. The maximum Gasteiger partial charge on any atom is 0.129 e. The van der Waals surface area contributed by atoms with Crippen molar-refractivity contribution in [2.75, 3.05) is 20.7 Å². The first-order valence-electron chi connectivity index (χ1n) is 6.85. The lowest BCUT2D eigenvalue weighted by atomic mass is 9.98. The number of carbonyl (C=O) groups is 1. The Morgan fingerprint density at radius 3 is 2.53 bits per heavy atom. The molecule has 1 aromatic carbocycles. The molecule has 0 bridgehead atoms. The molecule has 0 fully saturated rings. The maximum absolute atomic E-state index is 11.2. The topological polar surface area (TPSA) is 29.5 Å². The minimum absolute atomic E-state index is 0.245. The number of nitrogens with zero attached hydrogens (tertiary/aromatic N) is 1. The normalized spacial score (nSPS) is 12.5. The van der Waals surface area contributed by atoms with Crippen LogP contribution in [0.2, 0.25) is 0 Å². The summed E-state index contributed by atoms with van der Waals surface area (Å²) in [6.07, 6.45) is 1.48. The van der Waals surface area contributed by atoms with Gasteiger partial charge in [-0.2, -0.15) is 0 Å². The average molecular weight is 263 g/mol. The van der Waals surface area contributed by atoms with Gasteiger partial charge in [-0.15, -0.1) is 0 Å². The fourth-order valence-electron chi connectivity index (χ4n) is 2.26. The zero-order valence-electron chi connectivity index (χ0n) is 12.7. The monoisotopic (exact) mass is 263 g/mol. The molecule has 0 aliphatic carbocycles. The molecule has 0 heterocycles. The Hall–Kier alpha value is -1.35. The second kappa shape index (κ2) is 7.29. The molecule has 0 amide bonds. The second-order valence-corrected chi connectivity index (χ2v) is 5.18. The van der Waals surface area contributed by atoms with Gasteiger partial charge in [0.1, 0.15) is 11.5 Å². The highest BCUT2D eigenvalue weighted by atomic mass is 16.5. The van der Waals surface area contributed by atoms with Crippen molar-refractivity contribution in [3.8, 4) is 5.75 Å². The molecule has 1 unspecified atom stereocenters. The van der Waals surface area contributed by atoms with Crippen molar-refractivity contribution >= 4 is 5.78 Å². The first kappa shape index (κ1) is 15.7. The van der Waals surface area contributed by atoms with Gasteiger partial charge in [0.2, 0.25) is 0 Å². The lowest BCUT2D eigenvalue weighted by Gasteiger charge is -2.25. The number of hydrogen-bond acceptors (Lipinski definition) is 3. The fraction of sp³-hybridized carbons (Fsp3) is 0.562. The SMILES string of the molecule is CCOc1ccc(C(CCC(C)=O)N(C)C)cc1C. The van der Waals surface area contributed by atoms with Gasteiger partial charge in [0.05, 0.1) is 6.61 Å². The lowest BCUT2D eigenvalue weighted by Crippen LogP contribution is -2.20. The molecular formula is C16H25NO2. The number of aryl methyl sites for hydroxylation is 1. The lowest BCUT2D eigenvalue weighted by molar-refractivity contribution is -0.117. The average Bonchev–Trinajstić information content (AvgIpc) is 2.32. The molecule has 1 aromatic rings. The van der Waals surface area contributed by atoms with Crippen LogP contribution in [0.5, 0.6) is 5.75 Å². The molecule has 1 rings (SSSR count). The van der Waals surface area contributed by atoms with E-state index in [1.807, 2.05) is 13.0 Å². The molecule has 3 nitrogen and oxygen atoms in total. The predicted octanol–water partition coefficient (Wildman–Crippen LogP) is 3.37. The van der Waals surface area contributed by atoms with Gasteiger partial charge < -0.3 is 14.4 Å². The van der Waals surface area contributed by atoms with Crippen LogP contribution in [0, 0.1) is 6.92 Å². The zero-order valence-corrected chi connectivity index (χ0v) is 12.7. The molecule has 0 aromatic heterocycles. The van der Waals surface area contributed by atoms with E-state index in [4.69, 9.17) is 4.74 Å². The van der Waals surface area contributed by atoms with Crippen LogP contribution in [0.3, 0.4) is 0 Å². The highest BCUT2D eigenvalue weighted by Gasteiger charge is 2.15. The van der Waals surface area contributed by atoms with Crippen molar-refractivity contribution in [2.24, 2.45) is 0 Å². The third-order valence-electron chi connectivity index (χ3n) is 3.28. The van der Waals surface area contributed by atoms with Crippen LogP contribution in [0.1, 0.15) is 43.9 Å². The van der Waals surface area contributed by atoms with Crippen molar-refractivity contribution in [1.82, 2.24) is 4.90 Å². The van der Waals surface area contributed by atoms with E-state index < -0.39 is 0 Å². The van der Waals surface area contributed by atoms with E-state index in [-0.39, 0.29) is 11.8 Å². The minimum atomic E-state index is 0.245. The number of benzene rings is 1. The molecule has 0 N–H and O–H groups in total. The van der Waals surface area contributed by atoms with Gasteiger partial charge in [-0.05, 0) is 58.5 Å². The molecule has 0 saturated carbocycles. The van der Waals surface area contributed by atoms with Crippen LogP contribution in [0.25, 0.3) is 0 Å². The number of carbonyl (C=O) groups excluding carboxylic acids is 1. The second-order valence-electron chi connectivity index (χ2n) is 5.18. The van der Waals surface area contributed by atoms with Crippen molar-refractivity contribution < 1.29 is 9.53 Å². The van der Waals surface area contributed by atoms with Gasteiger partial charge in [0.15, 0.2) is 0 Å². The van der Waals surface area contributed by atoms with Crippen molar-refractivity contribution in [2.45, 2.75) is 39.7 Å². The van der Waals surface area contributed by atoms with Gasteiger partial charge in [-0.25, -0.2) is 0 Å². The standard InChI is InChI=1S/C16H25NO2/c1-6-19-16-10-8-14(11-12(16)2)15(17(4)5)9-7-13(3)18/h8,10-11,15H,6-7,9H2,1-5H3. The summed E-state index contributed by atoms with van der Waals surface area (Å²) in [5.74, 6) is 1.19. The number of hydrogen-bond donors (Lipinski definition) is 0. The molecule has 0 spiro atoms. The molecule has 0 aliphatic rings. The highest BCUT2D eigenvalue weighted by molar-refractivity contribution is 5.75. The van der Waals surface area contributed by atoms with Crippen LogP contribution in [0.15, 0.2) is 18.2 Å². The largest absolute Gasteiger partial charge is 0.494 e. The summed E-state index contributed by atoms with van der Waals surface area (Å²) >= 11 is 0. The number of ether oxygens (including phenoxy) is 1. The molecule has 0 aliphatic heterocycles. The third kappa shape index (κ3) is 4.67. The Balaban J connectivity index is 2.90. The van der Waals surface area contributed by atoms with Gasteiger partial charge in [0, 0.05) is 12.5 Å².